The molecule has 0 spiro atoms. The van der Waals surface area contributed by atoms with Crippen LogP contribution in [0.2, 0.25) is 5.02 Å². The fourth-order valence-corrected chi connectivity index (χ4v) is 1.63. The van der Waals surface area contributed by atoms with Crippen LogP contribution in [0.5, 0.6) is 0 Å². The SMILES string of the molecule is COC(=O)c1cc(C)c(NC(C)=O)c(Cl)c1. The lowest BCUT2D eigenvalue weighted by atomic mass is 10.1. The van der Waals surface area contributed by atoms with E-state index >= 15 is 0 Å². The van der Waals surface area contributed by atoms with Crippen LogP contribution < -0.4 is 5.32 Å². The van der Waals surface area contributed by atoms with E-state index in [0.29, 0.717) is 21.8 Å². The van der Waals surface area contributed by atoms with Gasteiger partial charge in [-0.15, -0.1) is 0 Å². The van der Waals surface area contributed by atoms with E-state index in [1.54, 1.807) is 13.0 Å². The van der Waals surface area contributed by atoms with Crippen LogP contribution in [0.25, 0.3) is 0 Å². The zero-order chi connectivity index (χ0) is 12.3. The maximum atomic E-state index is 11.3. The number of rotatable bonds is 2. The van der Waals surface area contributed by atoms with Crippen LogP contribution in [0, 0.1) is 6.92 Å². The predicted molar refractivity (Wildman–Crippen MR) is 61.8 cm³/mol. The summed E-state index contributed by atoms with van der Waals surface area (Å²) in [5.41, 5.74) is 1.59. The van der Waals surface area contributed by atoms with E-state index in [1.165, 1.54) is 20.1 Å². The molecule has 86 valence electrons. The highest BCUT2D eigenvalue weighted by molar-refractivity contribution is 6.34. The van der Waals surface area contributed by atoms with Crippen molar-refractivity contribution >= 4 is 29.2 Å². The molecule has 0 heterocycles. The maximum absolute atomic E-state index is 11.3. The zero-order valence-corrected chi connectivity index (χ0v) is 10.0. The number of benzene rings is 1. The van der Waals surface area contributed by atoms with Gasteiger partial charge in [-0.3, -0.25) is 4.79 Å². The van der Waals surface area contributed by atoms with Gasteiger partial charge in [0.05, 0.1) is 23.4 Å². The fourth-order valence-electron chi connectivity index (χ4n) is 1.31. The molecule has 0 atom stereocenters. The first kappa shape index (κ1) is 12.5. The third-order valence-electron chi connectivity index (χ3n) is 2.01. The Morgan fingerprint density at radius 2 is 2.00 bits per heavy atom. The summed E-state index contributed by atoms with van der Waals surface area (Å²) < 4.78 is 4.58. The number of hydrogen-bond donors (Lipinski definition) is 1. The Labute approximate surface area is 98.5 Å². The van der Waals surface area contributed by atoms with Crippen molar-refractivity contribution in [2.24, 2.45) is 0 Å². The van der Waals surface area contributed by atoms with Gasteiger partial charge in [-0.1, -0.05) is 11.6 Å². The number of halogens is 1. The van der Waals surface area contributed by atoms with Crippen molar-refractivity contribution < 1.29 is 14.3 Å². The van der Waals surface area contributed by atoms with E-state index in [0.717, 1.165) is 0 Å². The molecule has 0 aliphatic carbocycles. The van der Waals surface area contributed by atoms with Crippen LogP contribution in [0.4, 0.5) is 5.69 Å². The van der Waals surface area contributed by atoms with Gasteiger partial charge in [-0.05, 0) is 24.6 Å². The second-order valence-corrected chi connectivity index (χ2v) is 3.73. The molecular weight excluding hydrogens is 230 g/mol. The minimum atomic E-state index is -0.459. The Morgan fingerprint density at radius 1 is 1.38 bits per heavy atom. The molecule has 4 nitrogen and oxygen atoms in total. The molecule has 1 aromatic rings. The summed E-state index contributed by atoms with van der Waals surface area (Å²) in [5.74, 6) is -0.671. The van der Waals surface area contributed by atoms with E-state index in [4.69, 9.17) is 11.6 Å². The van der Waals surface area contributed by atoms with E-state index in [-0.39, 0.29) is 5.91 Å². The molecule has 0 saturated carbocycles. The van der Waals surface area contributed by atoms with Crippen molar-refractivity contribution in [2.45, 2.75) is 13.8 Å². The van der Waals surface area contributed by atoms with Crippen LogP contribution in [-0.2, 0) is 9.53 Å². The molecule has 16 heavy (non-hydrogen) atoms. The Morgan fingerprint density at radius 3 is 2.44 bits per heavy atom. The van der Waals surface area contributed by atoms with E-state index in [9.17, 15) is 9.59 Å². The summed E-state index contributed by atoms with van der Waals surface area (Å²) >= 11 is 5.96. The standard InChI is InChI=1S/C11H12ClNO3/c1-6-4-8(11(15)16-3)5-9(12)10(6)13-7(2)14/h4-5H,1-3H3,(H,13,14). The number of amides is 1. The average molecular weight is 242 g/mol. The van der Waals surface area contributed by atoms with Gasteiger partial charge in [-0.2, -0.15) is 0 Å². The molecule has 0 aliphatic heterocycles. The lowest BCUT2D eigenvalue weighted by Crippen LogP contribution is -2.09. The summed E-state index contributed by atoms with van der Waals surface area (Å²) in [7, 11) is 1.30. The smallest absolute Gasteiger partial charge is 0.337 e. The molecular formula is C11H12ClNO3. The lowest BCUT2D eigenvalue weighted by molar-refractivity contribution is -0.114. The average Bonchev–Trinajstić information content (AvgIpc) is 2.21. The second-order valence-electron chi connectivity index (χ2n) is 3.32. The number of methoxy groups -OCH3 is 1. The van der Waals surface area contributed by atoms with Gasteiger partial charge in [0.25, 0.3) is 0 Å². The molecule has 0 unspecified atom stereocenters. The Hall–Kier alpha value is -1.55. The molecule has 1 aromatic carbocycles. The molecule has 0 radical (unpaired) electrons. The highest BCUT2D eigenvalue weighted by Gasteiger charge is 2.12. The highest BCUT2D eigenvalue weighted by atomic mass is 35.5. The second kappa shape index (κ2) is 4.99. The number of carbonyl (C=O) groups excluding carboxylic acids is 2. The normalized spacial score (nSPS) is 9.75. The van der Waals surface area contributed by atoms with Gasteiger partial charge >= 0.3 is 5.97 Å². The third kappa shape index (κ3) is 2.73. The molecule has 1 N–H and O–H groups in total. The monoisotopic (exact) mass is 241 g/mol. The Balaban J connectivity index is 3.17. The van der Waals surface area contributed by atoms with Crippen LogP contribution in [0.15, 0.2) is 12.1 Å². The number of carbonyl (C=O) groups is 2. The summed E-state index contributed by atoms with van der Waals surface area (Å²) in [5, 5.41) is 2.92. The first-order chi connectivity index (χ1) is 7.45. The number of esters is 1. The number of aryl methyl sites for hydroxylation is 1. The van der Waals surface area contributed by atoms with Crippen LogP contribution in [-0.4, -0.2) is 19.0 Å². The largest absolute Gasteiger partial charge is 0.465 e. The van der Waals surface area contributed by atoms with Gasteiger partial charge in [0, 0.05) is 6.92 Å². The van der Waals surface area contributed by atoms with Crippen molar-refractivity contribution in [1.82, 2.24) is 0 Å². The summed E-state index contributed by atoms with van der Waals surface area (Å²) in [6, 6.07) is 3.08. The molecule has 0 saturated heterocycles. The van der Waals surface area contributed by atoms with Gasteiger partial charge in [0.15, 0.2) is 0 Å². The van der Waals surface area contributed by atoms with Crippen molar-refractivity contribution in [3.05, 3.63) is 28.3 Å². The molecule has 0 aromatic heterocycles. The first-order valence-electron chi connectivity index (χ1n) is 4.61. The Kier molecular flexibility index (Phi) is 3.90. The molecule has 5 heteroatoms. The van der Waals surface area contributed by atoms with Crippen molar-refractivity contribution in [3.63, 3.8) is 0 Å². The summed E-state index contributed by atoms with van der Waals surface area (Å²) in [6.45, 7) is 3.15. The predicted octanol–water partition coefficient (Wildman–Crippen LogP) is 2.39. The molecule has 0 aliphatic rings. The van der Waals surface area contributed by atoms with Crippen molar-refractivity contribution in [3.8, 4) is 0 Å². The van der Waals surface area contributed by atoms with Gasteiger partial charge in [-0.25, -0.2) is 4.79 Å². The van der Waals surface area contributed by atoms with Crippen LogP contribution >= 0.6 is 11.6 Å². The topological polar surface area (TPSA) is 55.4 Å². The minimum absolute atomic E-state index is 0.212. The lowest BCUT2D eigenvalue weighted by Gasteiger charge is -2.10. The quantitative estimate of drug-likeness (QED) is 0.809. The molecule has 1 rings (SSSR count). The number of anilines is 1. The van der Waals surface area contributed by atoms with Crippen LogP contribution in [0.1, 0.15) is 22.8 Å². The maximum Gasteiger partial charge on any atom is 0.337 e. The highest BCUT2D eigenvalue weighted by Crippen LogP contribution is 2.27. The molecule has 1 amide bonds. The van der Waals surface area contributed by atoms with E-state index in [1.807, 2.05) is 0 Å². The van der Waals surface area contributed by atoms with E-state index in [2.05, 4.69) is 10.1 Å². The fraction of sp³-hybridized carbons (Fsp3) is 0.273. The third-order valence-corrected chi connectivity index (χ3v) is 2.31. The first-order valence-corrected chi connectivity index (χ1v) is 4.99. The van der Waals surface area contributed by atoms with Gasteiger partial charge < -0.3 is 10.1 Å². The number of nitrogens with one attached hydrogen (secondary N) is 1. The number of hydrogen-bond acceptors (Lipinski definition) is 3. The number of ether oxygens (including phenoxy) is 1. The summed E-state index contributed by atoms with van der Waals surface area (Å²) in [4.78, 5) is 22.2. The summed E-state index contributed by atoms with van der Waals surface area (Å²) in [6.07, 6.45) is 0. The van der Waals surface area contributed by atoms with Crippen molar-refractivity contribution in [1.29, 1.82) is 0 Å². The zero-order valence-electron chi connectivity index (χ0n) is 9.26. The van der Waals surface area contributed by atoms with Crippen LogP contribution in [0.3, 0.4) is 0 Å². The Bertz CT molecular complexity index is 420. The van der Waals surface area contributed by atoms with Gasteiger partial charge in [0.2, 0.25) is 5.91 Å². The van der Waals surface area contributed by atoms with E-state index < -0.39 is 5.97 Å². The minimum Gasteiger partial charge on any atom is -0.465 e. The van der Waals surface area contributed by atoms with Gasteiger partial charge in [0.1, 0.15) is 0 Å². The molecule has 0 bridgehead atoms. The molecule has 0 fully saturated rings. The van der Waals surface area contributed by atoms with Crippen molar-refractivity contribution in [2.75, 3.05) is 12.4 Å².